The van der Waals surface area contributed by atoms with E-state index in [1.54, 1.807) is 0 Å². The van der Waals surface area contributed by atoms with Crippen molar-refractivity contribution in [1.82, 2.24) is 0 Å². The van der Waals surface area contributed by atoms with Crippen LogP contribution >= 0.6 is 11.6 Å². The van der Waals surface area contributed by atoms with Crippen molar-refractivity contribution in [2.75, 3.05) is 13.2 Å². The van der Waals surface area contributed by atoms with Crippen LogP contribution < -0.4 is 15.2 Å². The van der Waals surface area contributed by atoms with Crippen molar-refractivity contribution in [3.8, 4) is 11.5 Å². The lowest BCUT2D eigenvalue weighted by atomic mass is 9.92. The molecule has 0 saturated heterocycles. The predicted molar refractivity (Wildman–Crippen MR) is 69.1 cm³/mol. The van der Waals surface area contributed by atoms with E-state index in [0.717, 1.165) is 22.6 Å². The molecule has 1 aromatic carbocycles. The minimum absolute atomic E-state index is 0.293. The Hall–Kier alpha value is -0.930. The van der Waals surface area contributed by atoms with Crippen molar-refractivity contribution in [3.05, 3.63) is 22.2 Å². The Bertz CT molecular complexity index is 438. The average Bonchev–Trinajstić information content (AvgIpc) is 2.23. The molecule has 0 saturated carbocycles. The number of fused-ring (bicyclic) bond motifs is 1. The number of halogens is 1. The summed E-state index contributed by atoms with van der Waals surface area (Å²) < 4.78 is 11.2. The van der Waals surface area contributed by atoms with Crippen LogP contribution in [0.4, 0.5) is 0 Å². The third kappa shape index (κ3) is 2.67. The second-order valence-corrected chi connectivity index (χ2v) is 5.56. The molecule has 1 heterocycles. The fraction of sp³-hybridized carbons (Fsp3) is 0.538. The molecule has 94 valence electrons. The molecule has 0 unspecified atom stereocenters. The van der Waals surface area contributed by atoms with Gasteiger partial charge >= 0.3 is 0 Å². The zero-order chi connectivity index (χ0) is 12.6. The monoisotopic (exact) mass is 255 g/mol. The van der Waals surface area contributed by atoms with Crippen LogP contribution in [0, 0.1) is 6.92 Å². The van der Waals surface area contributed by atoms with E-state index in [4.69, 9.17) is 26.8 Å². The average molecular weight is 256 g/mol. The maximum absolute atomic E-state index is 6.28. The van der Waals surface area contributed by atoms with Gasteiger partial charge in [0.15, 0.2) is 11.5 Å². The van der Waals surface area contributed by atoms with E-state index >= 15 is 0 Å². The molecule has 3 nitrogen and oxygen atoms in total. The first-order valence-corrected chi connectivity index (χ1v) is 6.13. The Morgan fingerprint density at radius 3 is 2.65 bits per heavy atom. The van der Waals surface area contributed by atoms with E-state index in [9.17, 15) is 0 Å². The fourth-order valence-corrected chi connectivity index (χ4v) is 2.33. The van der Waals surface area contributed by atoms with E-state index in [2.05, 4.69) is 0 Å². The minimum atomic E-state index is -0.293. The van der Waals surface area contributed by atoms with Gasteiger partial charge in [-0.2, -0.15) is 0 Å². The fourth-order valence-electron chi connectivity index (χ4n) is 2.02. The summed E-state index contributed by atoms with van der Waals surface area (Å²) in [5.74, 6) is 1.54. The normalized spacial score (nSPS) is 14.9. The van der Waals surface area contributed by atoms with Crippen LogP contribution in [-0.2, 0) is 6.42 Å². The lowest BCUT2D eigenvalue weighted by Gasteiger charge is -2.25. The number of nitrogens with two attached hydrogens (primary N) is 1. The smallest absolute Gasteiger partial charge is 0.164 e. The van der Waals surface area contributed by atoms with Crippen LogP contribution in [-0.4, -0.2) is 18.8 Å². The quantitative estimate of drug-likeness (QED) is 0.884. The molecule has 0 aromatic heterocycles. The third-order valence-corrected chi connectivity index (χ3v) is 3.12. The highest BCUT2D eigenvalue weighted by atomic mass is 35.5. The Morgan fingerprint density at radius 1 is 1.35 bits per heavy atom. The molecule has 0 spiro atoms. The molecule has 1 aliphatic heterocycles. The third-order valence-electron chi connectivity index (χ3n) is 2.78. The van der Waals surface area contributed by atoms with Gasteiger partial charge in [-0.25, -0.2) is 0 Å². The summed E-state index contributed by atoms with van der Waals surface area (Å²) in [6, 6.07) is 1.82. The second kappa shape index (κ2) is 4.39. The summed E-state index contributed by atoms with van der Waals surface area (Å²) in [6.07, 6.45) is 0.717. The molecule has 0 amide bonds. The first-order chi connectivity index (χ1) is 7.88. The summed E-state index contributed by atoms with van der Waals surface area (Å²) >= 11 is 6.28. The Kier molecular flexibility index (Phi) is 3.23. The molecule has 0 radical (unpaired) electrons. The van der Waals surface area contributed by atoms with Gasteiger partial charge in [0.25, 0.3) is 0 Å². The molecule has 2 N–H and O–H groups in total. The van der Waals surface area contributed by atoms with Gasteiger partial charge in [-0.1, -0.05) is 11.6 Å². The van der Waals surface area contributed by atoms with E-state index in [1.165, 1.54) is 0 Å². The number of benzene rings is 1. The zero-order valence-electron chi connectivity index (χ0n) is 10.5. The van der Waals surface area contributed by atoms with Gasteiger partial charge in [0.2, 0.25) is 0 Å². The van der Waals surface area contributed by atoms with Gasteiger partial charge in [0, 0.05) is 16.6 Å². The first kappa shape index (κ1) is 12.5. The molecule has 17 heavy (non-hydrogen) atoms. The Labute approximate surface area is 107 Å². The minimum Gasteiger partial charge on any atom is -0.486 e. The SMILES string of the molecule is Cc1c(CC(C)(C)N)c(Cl)cc2c1OCCO2. The molecule has 0 aliphatic carbocycles. The molecule has 0 fully saturated rings. The van der Waals surface area contributed by atoms with Crippen LogP contribution in [0.25, 0.3) is 0 Å². The van der Waals surface area contributed by atoms with Crippen LogP contribution in [0.3, 0.4) is 0 Å². The molecular formula is C13H18ClNO2. The number of rotatable bonds is 2. The van der Waals surface area contributed by atoms with Crippen LogP contribution in [0.1, 0.15) is 25.0 Å². The number of hydrogen-bond acceptors (Lipinski definition) is 3. The number of ether oxygens (including phenoxy) is 2. The summed E-state index contributed by atoms with van der Waals surface area (Å²) in [4.78, 5) is 0. The molecule has 1 aliphatic rings. The standard InChI is InChI=1S/C13H18ClNO2/c1-8-9(7-13(2,3)15)10(14)6-11-12(8)17-5-4-16-11/h6H,4-5,7,15H2,1-3H3. The lowest BCUT2D eigenvalue weighted by molar-refractivity contribution is 0.170. The van der Waals surface area contributed by atoms with E-state index in [0.29, 0.717) is 24.7 Å². The molecular weight excluding hydrogens is 238 g/mol. The Balaban J connectivity index is 2.46. The molecule has 4 heteroatoms. The largest absolute Gasteiger partial charge is 0.486 e. The topological polar surface area (TPSA) is 44.5 Å². The van der Waals surface area contributed by atoms with Crippen molar-refractivity contribution in [2.45, 2.75) is 32.7 Å². The van der Waals surface area contributed by atoms with Crippen LogP contribution in [0.5, 0.6) is 11.5 Å². The number of hydrogen-bond donors (Lipinski definition) is 1. The zero-order valence-corrected chi connectivity index (χ0v) is 11.2. The highest BCUT2D eigenvalue weighted by molar-refractivity contribution is 6.31. The maximum Gasteiger partial charge on any atom is 0.164 e. The molecule has 1 aromatic rings. The van der Waals surface area contributed by atoms with E-state index in [1.807, 2.05) is 26.8 Å². The molecule has 0 bridgehead atoms. The van der Waals surface area contributed by atoms with Crippen molar-refractivity contribution in [2.24, 2.45) is 5.73 Å². The lowest BCUT2D eigenvalue weighted by Crippen LogP contribution is -2.35. The van der Waals surface area contributed by atoms with Crippen LogP contribution in [0.2, 0.25) is 5.02 Å². The maximum atomic E-state index is 6.28. The molecule has 2 rings (SSSR count). The van der Waals surface area contributed by atoms with Gasteiger partial charge in [-0.3, -0.25) is 0 Å². The highest BCUT2D eigenvalue weighted by Gasteiger charge is 2.23. The summed E-state index contributed by atoms with van der Waals surface area (Å²) in [5, 5.41) is 0.699. The van der Waals surface area contributed by atoms with Gasteiger partial charge < -0.3 is 15.2 Å². The van der Waals surface area contributed by atoms with Crippen molar-refractivity contribution >= 4 is 11.6 Å². The Morgan fingerprint density at radius 2 is 2.00 bits per heavy atom. The second-order valence-electron chi connectivity index (χ2n) is 5.15. The summed E-state index contributed by atoms with van der Waals surface area (Å²) in [5.41, 5.74) is 7.84. The highest BCUT2D eigenvalue weighted by Crippen LogP contribution is 2.40. The van der Waals surface area contributed by atoms with Gasteiger partial charge in [-0.05, 0) is 38.3 Å². The van der Waals surface area contributed by atoms with E-state index in [-0.39, 0.29) is 5.54 Å². The van der Waals surface area contributed by atoms with Gasteiger partial charge in [0.05, 0.1) is 0 Å². The van der Waals surface area contributed by atoms with Crippen molar-refractivity contribution < 1.29 is 9.47 Å². The predicted octanol–water partition coefficient (Wildman–Crippen LogP) is 2.70. The molecule has 0 atom stereocenters. The van der Waals surface area contributed by atoms with Gasteiger partial charge in [0.1, 0.15) is 13.2 Å². The summed E-state index contributed by atoms with van der Waals surface area (Å²) in [7, 11) is 0. The van der Waals surface area contributed by atoms with Crippen molar-refractivity contribution in [3.63, 3.8) is 0 Å². The van der Waals surface area contributed by atoms with Gasteiger partial charge in [-0.15, -0.1) is 0 Å². The first-order valence-electron chi connectivity index (χ1n) is 5.75. The van der Waals surface area contributed by atoms with Crippen molar-refractivity contribution in [1.29, 1.82) is 0 Å². The summed E-state index contributed by atoms with van der Waals surface area (Å²) in [6.45, 7) is 7.13. The van der Waals surface area contributed by atoms with Crippen LogP contribution in [0.15, 0.2) is 6.07 Å². The van der Waals surface area contributed by atoms with E-state index < -0.39 is 0 Å².